The van der Waals surface area contributed by atoms with Crippen molar-refractivity contribution in [2.24, 2.45) is 5.10 Å². The van der Waals surface area contributed by atoms with Crippen LogP contribution in [0.15, 0.2) is 17.4 Å². The smallest absolute Gasteiger partial charge is 0.362 e. The number of aliphatic hydroxyl groups is 1. The fourth-order valence-corrected chi connectivity index (χ4v) is 1.70. The van der Waals surface area contributed by atoms with E-state index >= 15 is 0 Å². The lowest BCUT2D eigenvalue weighted by Gasteiger charge is -2.32. The molecule has 2 heterocycles. The van der Waals surface area contributed by atoms with Crippen molar-refractivity contribution in [2.45, 2.75) is 31.8 Å². The summed E-state index contributed by atoms with van der Waals surface area (Å²) in [7, 11) is 0. The minimum Gasteiger partial charge on any atom is -0.362 e. The fraction of sp³-hybridized carbons (Fsp3) is 0.500. The zero-order valence-corrected chi connectivity index (χ0v) is 9.92. The Balaban J connectivity index is 2.16. The van der Waals surface area contributed by atoms with Gasteiger partial charge in [-0.15, -0.1) is 0 Å². The first-order chi connectivity index (χ1) is 8.74. The van der Waals surface area contributed by atoms with Gasteiger partial charge in [0, 0.05) is 18.8 Å². The molecule has 2 rings (SSSR count). The number of rotatable bonds is 2. The molecule has 1 amide bonds. The third-order valence-corrected chi connectivity index (χ3v) is 2.68. The summed E-state index contributed by atoms with van der Waals surface area (Å²) in [5, 5.41) is 16.8. The third kappa shape index (κ3) is 2.33. The summed E-state index contributed by atoms with van der Waals surface area (Å²) < 4.78 is 39.4. The molecular formula is C10H11F3N4O2. The van der Waals surface area contributed by atoms with Gasteiger partial charge in [-0.1, -0.05) is 0 Å². The third-order valence-electron chi connectivity index (χ3n) is 2.68. The molecule has 0 aromatic carbocycles. The highest BCUT2D eigenvalue weighted by Gasteiger charge is 2.61. The Morgan fingerprint density at radius 1 is 1.58 bits per heavy atom. The van der Waals surface area contributed by atoms with Gasteiger partial charge in [-0.3, -0.25) is 9.48 Å². The number of hydrogen-bond acceptors (Lipinski definition) is 4. The van der Waals surface area contributed by atoms with Crippen LogP contribution in [0.2, 0.25) is 0 Å². The van der Waals surface area contributed by atoms with E-state index < -0.39 is 30.8 Å². The fourth-order valence-electron chi connectivity index (χ4n) is 1.70. The van der Waals surface area contributed by atoms with Crippen LogP contribution in [0.4, 0.5) is 13.2 Å². The summed E-state index contributed by atoms with van der Waals surface area (Å²) in [6.45, 7) is 1.25. The number of nitrogens with zero attached hydrogens (tertiary/aromatic N) is 4. The molecule has 1 aliphatic rings. The predicted molar refractivity (Wildman–Crippen MR) is 57.9 cm³/mol. The van der Waals surface area contributed by atoms with Crippen LogP contribution in [0.3, 0.4) is 0 Å². The molecule has 0 radical (unpaired) electrons. The summed E-state index contributed by atoms with van der Waals surface area (Å²) in [4.78, 5) is 11.8. The van der Waals surface area contributed by atoms with Crippen molar-refractivity contribution in [3.05, 3.63) is 18.0 Å². The van der Waals surface area contributed by atoms with Crippen LogP contribution in [0.25, 0.3) is 0 Å². The van der Waals surface area contributed by atoms with E-state index in [9.17, 15) is 23.1 Å². The molecule has 1 aromatic heterocycles. The lowest BCUT2D eigenvalue weighted by atomic mass is 10.1. The second-order valence-corrected chi connectivity index (χ2v) is 4.18. The second kappa shape index (κ2) is 4.34. The molecule has 0 spiro atoms. The van der Waals surface area contributed by atoms with Crippen molar-refractivity contribution in [1.29, 1.82) is 0 Å². The average Bonchev–Trinajstić information content (AvgIpc) is 2.85. The van der Waals surface area contributed by atoms with E-state index in [-0.39, 0.29) is 5.01 Å². The van der Waals surface area contributed by atoms with Crippen LogP contribution in [0.5, 0.6) is 0 Å². The van der Waals surface area contributed by atoms with Crippen molar-refractivity contribution < 1.29 is 23.1 Å². The van der Waals surface area contributed by atoms with Gasteiger partial charge < -0.3 is 5.11 Å². The number of hydrazone groups is 1. The number of carbonyl (C=O) groups excluding carboxylic acids is 1. The molecule has 0 saturated carbocycles. The van der Waals surface area contributed by atoms with Crippen LogP contribution in [-0.4, -0.2) is 43.9 Å². The first-order valence-electron chi connectivity index (χ1n) is 5.39. The molecule has 104 valence electrons. The van der Waals surface area contributed by atoms with Crippen molar-refractivity contribution in [3.63, 3.8) is 0 Å². The van der Waals surface area contributed by atoms with Crippen molar-refractivity contribution >= 4 is 12.1 Å². The molecule has 1 atom stereocenters. The SMILES string of the molecule is Cc1ccn(CC(=O)N2N=CC[C@@]2(O)C(F)(F)F)n1. The number of halogens is 3. The highest BCUT2D eigenvalue weighted by Crippen LogP contribution is 2.38. The normalized spacial score (nSPS) is 23.1. The molecule has 0 bridgehead atoms. The summed E-state index contributed by atoms with van der Waals surface area (Å²) in [5.74, 6) is -0.989. The Hall–Kier alpha value is -1.90. The molecule has 1 aromatic rings. The van der Waals surface area contributed by atoms with E-state index in [0.717, 1.165) is 6.21 Å². The Bertz CT molecular complexity index is 525. The summed E-state index contributed by atoms with van der Waals surface area (Å²) in [5.41, 5.74) is -2.64. The number of aromatic nitrogens is 2. The maximum absolute atomic E-state index is 12.8. The van der Waals surface area contributed by atoms with Gasteiger partial charge in [0.2, 0.25) is 0 Å². The van der Waals surface area contributed by atoms with Gasteiger partial charge >= 0.3 is 6.18 Å². The molecule has 0 unspecified atom stereocenters. The van der Waals surface area contributed by atoms with E-state index in [1.54, 1.807) is 13.0 Å². The van der Waals surface area contributed by atoms with Crippen LogP contribution in [-0.2, 0) is 11.3 Å². The highest BCUT2D eigenvalue weighted by atomic mass is 19.4. The van der Waals surface area contributed by atoms with Gasteiger partial charge in [-0.2, -0.15) is 28.4 Å². The number of alkyl halides is 3. The highest BCUT2D eigenvalue weighted by molar-refractivity contribution is 5.80. The van der Waals surface area contributed by atoms with Crippen LogP contribution in [0, 0.1) is 6.92 Å². The van der Waals surface area contributed by atoms with Gasteiger partial charge in [-0.25, -0.2) is 0 Å². The molecule has 0 fully saturated rings. The lowest BCUT2D eigenvalue weighted by Crippen LogP contribution is -2.57. The van der Waals surface area contributed by atoms with Crippen molar-refractivity contribution in [2.75, 3.05) is 0 Å². The molecule has 19 heavy (non-hydrogen) atoms. The van der Waals surface area contributed by atoms with Crippen LogP contribution < -0.4 is 0 Å². The van der Waals surface area contributed by atoms with E-state index in [2.05, 4.69) is 10.2 Å². The predicted octanol–water partition coefficient (Wildman–Crippen LogP) is 0.661. The quantitative estimate of drug-likeness (QED) is 0.862. The van der Waals surface area contributed by atoms with Gasteiger partial charge in [0.15, 0.2) is 0 Å². The van der Waals surface area contributed by atoms with E-state index in [0.29, 0.717) is 5.69 Å². The standard InChI is InChI=1S/C10H11F3N4O2/c1-7-2-5-16(15-7)6-8(18)17-9(19,3-4-14-17)10(11,12)13/h2,4-5,19H,3,6H2,1H3/t9-/m1/s1. The summed E-state index contributed by atoms with van der Waals surface area (Å²) in [6, 6.07) is 1.61. The molecule has 0 saturated heterocycles. The van der Waals surface area contributed by atoms with Crippen LogP contribution in [0.1, 0.15) is 12.1 Å². The van der Waals surface area contributed by atoms with Gasteiger partial charge in [0.25, 0.3) is 11.6 Å². The topological polar surface area (TPSA) is 70.7 Å². The molecular weight excluding hydrogens is 265 g/mol. The molecule has 0 aliphatic carbocycles. The minimum atomic E-state index is -4.97. The first-order valence-corrected chi connectivity index (χ1v) is 5.39. The van der Waals surface area contributed by atoms with E-state index in [1.165, 1.54) is 10.9 Å². The molecule has 1 aliphatic heterocycles. The minimum absolute atomic E-state index is 0.0595. The van der Waals surface area contributed by atoms with Crippen molar-refractivity contribution in [3.8, 4) is 0 Å². The van der Waals surface area contributed by atoms with Gasteiger partial charge in [0.05, 0.1) is 5.69 Å². The zero-order valence-electron chi connectivity index (χ0n) is 9.92. The average molecular weight is 276 g/mol. The Labute approximate surface area is 106 Å². The first kappa shape index (κ1) is 13.5. The molecule has 1 N–H and O–H groups in total. The largest absolute Gasteiger partial charge is 0.438 e. The maximum Gasteiger partial charge on any atom is 0.438 e. The van der Waals surface area contributed by atoms with E-state index in [4.69, 9.17) is 0 Å². The number of amides is 1. The van der Waals surface area contributed by atoms with Gasteiger partial charge in [-0.05, 0) is 13.0 Å². The Morgan fingerprint density at radius 2 is 2.26 bits per heavy atom. The number of hydrogen-bond donors (Lipinski definition) is 1. The second-order valence-electron chi connectivity index (χ2n) is 4.18. The van der Waals surface area contributed by atoms with Crippen molar-refractivity contribution in [1.82, 2.24) is 14.8 Å². The Morgan fingerprint density at radius 3 is 2.79 bits per heavy atom. The molecule has 9 heteroatoms. The Kier molecular flexibility index (Phi) is 3.09. The number of carbonyl (C=O) groups is 1. The monoisotopic (exact) mass is 276 g/mol. The van der Waals surface area contributed by atoms with Gasteiger partial charge in [0.1, 0.15) is 6.54 Å². The van der Waals surface area contributed by atoms with Crippen LogP contribution >= 0.6 is 0 Å². The zero-order chi connectivity index (χ0) is 14.3. The summed E-state index contributed by atoms with van der Waals surface area (Å²) >= 11 is 0. The summed E-state index contributed by atoms with van der Waals surface area (Å²) in [6.07, 6.45) is -3.43. The maximum atomic E-state index is 12.8. The lowest BCUT2D eigenvalue weighted by molar-refractivity contribution is -0.302. The van der Waals surface area contributed by atoms with E-state index in [1.807, 2.05) is 0 Å². The molecule has 6 nitrogen and oxygen atoms in total. The number of aryl methyl sites for hydroxylation is 1.